The number of para-hydroxylation sites is 1. The van der Waals surface area contributed by atoms with Crippen molar-refractivity contribution >= 4 is 11.6 Å². The van der Waals surface area contributed by atoms with Gasteiger partial charge in [-0.25, -0.2) is 0 Å². The van der Waals surface area contributed by atoms with E-state index in [9.17, 15) is 4.79 Å². The van der Waals surface area contributed by atoms with Crippen molar-refractivity contribution in [3.63, 3.8) is 0 Å². The Morgan fingerprint density at radius 2 is 1.89 bits per heavy atom. The zero-order chi connectivity index (χ0) is 13.1. The molecule has 0 saturated heterocycles. The van der Waals surface area contributed by atoms with E-state index in [1.54, 1.807) is 18.2 Å². The Bertz CT molecular complexity index is 594. The Hall–Kier alpha value is -2.49. The number of carbonyl (C=O) groups excluding carboxylic acids is 1. The fourth-order valence-corrected chi connectivity index (χ4v) is 1.65. The number of benzene rings is 2. The van der Waals surface area contributed by atoms with Crippen LogP contribution in [0.1, 0.15) is 15.9 Å². The van der Waals surface area contributed by atoms with Crippen LogP contribution in [-0.2, 0) is 0 Å². The first kappa shape index (κ1) is 12.0. The predicted octanol–water partition coefficient (Wildman–Crippen LogP) is 2.47. The Kier molecular flexibility index (Phi) is 3.19. The minimum Gasteiger partial charge on any atom is -0.455 e. The summed E-state index contributed by atoms with van der Waals surface area (Å²) in [5, 5.41) is 0. The summed E-state index contributed by atoms with van der Waals surface area (Å²) in [7, 11) is 0. The van der Waals surface area contributed by atoms with E-state index >= 15 is 0 Å². The molecule has 0 spiro atoms. The van der Waals surface area contributed by atoms with E-state index in [1.807, 2.05) is 31.2 Å². The van der Waals surface area contributed by atoms with Crippen LogP contribution in [0.4, 0.5) is 5.69 Å². The molecule has 92 valence electrons. The number of anilines is 1. The van der Waals surface area contributed by atoms with Crippen molar-refractivity contribution in [2.24, 2.45) is 5.73 Å². The molecule has 0 bridgehead atoms. The number of ether oxygens (including phenoxy) is 1. The second-order valence-electron chi connectivity index (χ2n) is 4.00. The Labute approximate surface area is 105 Å². The Morgan fingerprint density at radius 1 is 1.17 bits per heavy atom. The highest BCUT2D eigenvalue weighted by atomic mass is 16.5. The minimum atomic E-state index is -0.567. The fourth-order valence-electron chi connectivity index (χ4n) is 1.65. The molecule has 4 N–H and O–H groups in total. The van der Waals surface area contributed by atoms with E-state index in [1.165, 1.54) is 0 Å². The molecule has 2 rings (SSSR count). The number of hydrogen-bond donors (Lipinski definition) is 2. The lowest BCUT2D eigenvalue weighted by atomic mass is 10.1. The first-order valence-electron chi connectivity index (χ1n) is 5.51. The molecular weight excluding hydrogens is 228 g/mol. The summed E-state index contributed by atoms with van der Waals surface area (Å²) >= 11 is 0. The van der Waals surface area contributed by atoms with Gasteiger partial charge in [0.1, 0.15) is 5.75 Å². The van der Waals surface area contributed by atoms with Gasteiger partial charge in [0.25, 0.3) is 5.91 Å². The number of primary amides is 1. The summed E-state index contributed by atoms with van der Waals surface area (Å²) in [5.74, 6) is 0.530. The third kappa shape index (κ3) is 2.43. The van der Waals surface area contributed by atoms with Gasteiger partial charge in [0, 0.05) is 0 Å². The van der Waals surface area contributed by atoms with Crippen molar-refractivity contribution in [3.8, 4) is 11.5 Å². The Morgan fingerprint density at radius 3 is 2.56 bits per heavy atom. The summed E-state index contributed by atoms with van der Waals surface area (Å²) in [4.78, 5) is 11.2. The zero-order valence-corrected chi connectivity index (χ0v) is 10.0. The van der Waals surface area contributed by atoms with Crippen LogP contribution in [0.25, 0.3) is 0 Å². The maximum absolute atomic E-state index is 11.2. The molecule has 1 amide bonds. The van der Waals surface area contributed by atoms with Crippen molar-refractivity contribution < 1.29 is 9.53 Å². The summed E-state index contributed by atoms with van der Waals surface area (Å²) in [5.41, 5.74) is 12.7. The number of carbonyl (C=O) groups is 1. The normalized spacial score (nSPS) is 10.1. The molecular formula is C14H14N2O2. The third-order valence-corrected chi connectivity index (χ3v) is 2.55. The van der Waals surface area contributed by atoms with E-state index in [2.05, 4.69) is 0 Å². The first-order valence-corrected chi connectivity index (χ1v) is 5.51. The molecule has 0 radical (unpaired) electrons. The molecule has 0 fully saturated rings. The lowest BCUT2D eigenvalue weighted by molar-refractivity contribution is 0.100. The summed E-state index contributed by atoms with van der Waals surface area (Å²) in [6, 6.07) is 12.5. The van der Waals surface area contributed by atoms with Crippen molar-refractivity contribution in [3.05, 3.63) is 53.6 Å². The standard InChI is InChI=1S/C14H14N2O2/c1-9-4-2-5-10(8-9)18-12-7-3-6-11(13(12)15)14(16)17/h2-8H,15H2,1H3,(H2,16,17). The highest BCUT2D eigenvalue weighted by molar-refractivity contribution is 5.99. The monoisotopic (exact) mass is 242 g/mol. The van der Waals surface area contributed by atoms with Gasteiger partial charge in [-0.3, -0.25) is 4.79 Å². The van der Waals surface area contributed by atoms with Crippen LogP contribution < -0.4 is 16.2 Å². The highest BCUT2D eigenvalue weighted by Gasteiger charge is 2.10. The molecule has 0 aliphatic heterocycles. The third-order valence-electron chi connectivity index (χ3n) is 2.55. The zero-order valence-electron chi connectivity index (χ0n) is 10.0. The molecule has 0 heterocycles. The van der Waals surface area contributed by atoms with E-state index in [-0.39, 0.29) is 11.3 Å². The van der Waals surface area contributed by atoms with Crippen molar-refractivity contribution in [2.75, 3.05) is 5.73 Å². The average molecular weight is 242 g/mol. The smallest absolute Gasteiger partial charge is 0.250 e. The van der Waals surface area contributed by atoms with Gasteiger partial charge in [0.15, 0.2) is 5.75 Å². The van der Waals surface area contributed by atoms with E-state index < -0.39 is 5.91 Å². The summed E-state index contributed by atoms with van der Waals surface area (Å²) in [6.45, 7) is 1.97. The fraction of sp³-hybridized carbons (Fsp3) is 0.0714. The second kappa shape index (κ2) is 4.79. The van der Waals surface area contributed by atoms with Crippen LogP contribution in [-0.4, -0.2) is 5.91 Å². The first-order chi connectivity index (χ1) is 8.58. The van der Waals surface area contributed by atoms with Crippen LogP contribution >= 0.6 is 0 Å². The number of hydrogen-bond acceptors (Lipinski definition) is 3. The van der Waals surface area contributed by atoms with Gasteiger partial charge < -0.3 is 16.2 Å². The number of nitrogen functional groups attached to an aromatic ring is 1. The molecule has 18 heavy (non-hydrogen) atoms. The number of aryl methyl sites for hydroxylation is 1. The topological polar surface area (TPSA) is 78.3 Å². The maximum Gasteiger partial charge on any atom is 0.250 e. The molecule has 4 heteroatoms. The largest absolute Gasteiger partial charge is 0.455 e. The lowest BCUT2D eigenvalue weighted by Crippen LogP contribution is -2.13. The number of rotatable bonds is 3. The molecule has 2 aromatic carbocycles. The summed E-state index contributed by atoms with van der Waals surface area (Å²) < 4.78 is 5.65. The van der Waals surface area contributed by atoms with Crippen molar-refractivity contribution in [1.29, 1.82) is 0 Å². The van der Waals surface area contributed by atoms with Crippen LogP contribution in [0, 0.1) is 6.92 Å². The van der Waals surface area contributed by atoms with Gasteiger partial charge >= 0.3 is 0 Å². The van der Waals surface area contributed by atoms with Gasteiger partial charge in [-0.1, -0.05) is 18.2 Å². The summed E-state index contributed by atoms with van der Waals surface area (Å²) in [6.07, 6.45) is 0. The van der Waals surface area contributed by atoms with E-state index in [4.69, 9.17) is 16.2 Å². The molecule has 0 saturated carbocycles. The van der Waals surface area contributed by atoms with Crippen molar-refractivity contribution in [1.82, 2.24) is 0 Å². The van der Waals surface area contributed by atoms with Gasteiger partial charge in [-0.2, -0.15) is 0 Å². The molecule has 0 aromatic heterocycles. The Balaban J connectivity index is 2.35. The van der Waals surface area contributed by atoms with Crippen LogP contribution in [0.5, 0.6) is 11.5 Å². The average Bonchev–Trinajstić information content (AvgIpc) is 2.31. The van der Waals surface area contributed by atoms with E-state index in [0.29, 0.717) is 11.5 Å². The van der Waals surface area contributed by atoms with E-state index in [0.717, 1.165) is 5.56 Å². The van der Waals surface area contributed by atoms with Gasteiger partial charge in [0.2, 0.25) is 0 Å². The SMILES string of the molecule is Cc1cccc(Oc2cccc(C(N)=O)c2N)c1. The quantitative estimate of drug-likeness (QED) is 0.811. The van der Waals surface area contributed by atoms with Crippen LogP contribution in [0.3, 0.4) is 0 Å². The van der Waals surface area contributed by atoms with Gasteiger partial charge in [-0.15, -0.1) is 0 Å². The molecule has 0 unspecified atom stereocenters. The highest BCUT2D eigenvalue weighted by Crippen LogP contribution is 2.30. The van der Waals surface area contributed by atoms with Crippen LogP contribution in [0.2, 0.25) is 0 Å². The van der Waals surface area contributed by atoms with Gasteiger partial charge in [0.05, 0.1) is 11.3 Å². The molecule has 0 atom stereocenters. The molecule has 2 aromatic rings. The second-order valence-corrected chi connectivity index (χ2v) is 4.00. The molecule has 0 aliphatic carbocycles. The minimum absolute atomic E-state index is 0.256. The van der Waals surface area contributed by atoms with Gasteiger partial charge in [-0.05, 0) is 36.8 Å². The maximum atomic E-state index is 11.2. The molecule has 0 aliphatic rings. The van der Waals surface area contributed by atoms with Crippen molar-refractivity contribution in [2.45, 2.75) is 6.92 Å². The molecule has 4 nitrogen and oxygen atoms in total. The lowest BCUT2D eigenvalue weighted by Gasteiger charge is -2.10. The number of amides is 1. The van der Waals surface area contributed by atoms with Crippen LogP contribution in [0.15, 0.2) is 42.5 Å². The predicted molar refractivity (Wildman–Crippen MR) is 70.6 cm³/mol. The number of nitrogens with two attached hydrogens (primary N) is 2.